The van der Waals surface area contributed by atoms with Crippen LogP contribution < -0.4 is 5.32 Å². The average molecular weight is 704 g/mol. The van der Waals surface area contributed by atoms with Crippen molar-refractivity contribution in [1.29, 1.82) is 0 Å². The van der Waals surface area contributed by atoms with Crippen molar-refractivity contribution in [2.75, 3.05) is 6.54 Å². The molecule has 3 aromatic carbocycles. The van der Waals surface area contributed by atoms with Gasteiger partial charge in [-0.3, -0.25) is 4.79 Å². The molecular weight excluding hydrogens is 649 g/mol. The Balaban J connectivity index is 1.15. The first kappa shape index (κ1) is 37.2. The third-order valence-electron chi connectivity index (χ3n) is 11.8. The van der Waals surface area contributed by atoms with Gasteiger partial charge < -0.3 is 5.32 Å². The molecular formula is C47H55ClFNO. The van der Waals surface area contributed by atoms with E-state index in [-0.39, 0.29) is 17.5 Å². The van der Waals surface area contributed by atoms with Crippen LogP contribution in [0.15, 0.2) is 101 Å². The second-order valence-corrected chi connectivity index (χ2v) is 16.2. The van der Waals surface area contributed by atoms with Crippen LogP contribution in [0.1, 0.15) is 101 Å². The zero-order valence-corrected chi connectivity index (χ0v) is 32.0. The van der Waals surface area contributed by atoms with E-state index < -0.39 is 0 Å². The molecule has 0 saturated heterocycles. The summed E-state index contributed by atoms with van der Waals surface area (Å²) in [7, 11) is 0. The Morgan fingerprint density at radius 1 is 0.882 bits per heavy atom. The van der Waals surface area contributed by atoms with Gasteiger partial charge in [0.2, 0.25) is 0 Å². The molecule has 1 fully saturated rings. The molecule has 4 heteroatoms. The molecule has 51 heavy (non-hydrogen) atoms. The van der Waals surface area contributed by atoms with Crippen molar-refractivity contribution in [3.05, 3.63) is 134 Å². The summed E-state index contributed by atoms with van der Waals surface area (Å²) in [6, 6.07) is 20.3. The topological polar surface area (TPSA) is 29.1 Å². The van der Waals surface area contributed by atoms with Crippen molar-refractivity contribution in [2.45, 2.75) is 99.0 Å². The highest BCUT2D eigenvalue weighted by molar-refractivity contribution is 6.35. The SMILES string of the molecule is CCC1CC(=O)C(c2ccc(-c3cccc(C)c3)cc2Cl)=CC2=CCC(C)=C(CNCc3ccc(CC4CCC(C(C)C)CC4)c(F)c3)C=C2C1. The van der Waals surface area contributed by atoms with Gasteiger partial charge in [0, 0.05) is 35.7 Å². The molecule has 3 aliphatic rings. The van der Waals surface area contributed by atoms with E-state index in [9.17, 15) is 4.79 Å². The minimum Gasteiger partial charge on any atom is -0.309 e. The van der Waals surface area contributed by atoms with Crippen LogP contribution in [0.25, 0.3) is 16.7 Å². The molecule has 1 N–H and O–H groups in total. The quantitative estimate of drug-likeness (QED) is 0.228. The molecule has 0 aliphatic heterocycles. The molecule has 3 aliphatic carbocycles. The molecule has 0 radical (unpaired) electrons. The Morgan fingerprint density at radius 2 is 1.67 bits per heavy atom. The van der Waals surface area contributed by atoms with Crippen LogP contribution in [0.3, 0.4) is 0 Å². The lowest BCUT2D eigenvalue weighted by molar-refractivity contribution is -0.114. The molecule has 0 spiro atoms. The Labute approximate surface area is 311 Å². The number of carbonyl (C=O) groups is 1. The second-order valence-electron chi connectivity index (χ2n) is 15.8. The van der Waals surface area contributed by atoms with E-state index in [2.05, 4.69) is 94.6 Å². The third kappa shape index (κ3) is 9.29. The maximum atomic E-state index is 15.3. The van der Waals surface area contributed by atoms with E-state index in [4.69, 9.17) is 11.6 Å². The number of ketones is 1. The molecule has 2 nitrogen and oxygen atoms in total. The third-order valence-corrected chi connectivity index (χ3v) is 12.1. The summed E-state index contributed by atoms with van der Waals surface area (Å²) in [6.07, 6.45) is 15.6. The van der Waals surface area contributed by atoms with Gasteiger partial charge in [-0.2, -0.15) is 0 Å². The first-order valence-corrected chi connectivity index (χ1v) is 19.6. The predicted molar refractivity (Wildman–Crippen MR) is 213 cm³/mol. The Hall–Kier alpha value is -3.53. The molecule has 1 unspecified atom stereocenters. The monoisotopic (exact) mass is 703 g/mol. The normalized spacial score (nSPS) is 21.4. The van der Waals surface area contributed by atoms with Crippen LogP contribution in [0.4, 0.5) is 4.39 Å². The molecule has 0 heterocycles. The average Bonchev–Trinajstić information content (AvgIpc) is 3.25. The van der Waals surface area contributed by atoms with Crippen molar-refractivity contribution in [2.24, 2.45) is 23.7 Å². The van der Waals surface area contributed by atoms with Crippen LogP contribution in [0, 0.1) is 36.4 Å². The lowest BCUT2D eigenvalue weighted by Crippen LogP contribution is -2.20. The van der Waals surface area contributed by atoms with Crippen molar-refractivity contribution in [3.63, 3.8) is 0 Å². The number of hydrogen-bond donors (Lipinski definition) is 1. The van der Waals surface area contributed by atoms with Crippen LogP contribution in [-0.2, 0) is 17.8 Å². The molecule has 0 amide bonds. The number of carbonyl (C=O) groups excluding carboxylic acids is 1. The fourth-order valence-corrected chi connectivity index (χ4v) is 8.58. The predicted octanol–water partition coefficient (Wildman–Crippen LogP) is 12.6. The molecule has 3 aromatic rings. The van der Waals surface area contributed by atoms with E-state index >= 15 is 4.39 Å². The van der Waals surface area contributed by atoms with Crippen molar-refractivity contribution >= 4 is 23.0 Å². The number of fused-ring (bicyclic) bond motifs is 1. The van der Waals surface area contributed by atoms with Crippen molar-refractivity contribution in [1.82, 2.24) is 5.32 Å². The number of rotatable bonds is 10. The van der Waals surface area contributed by atoms with Gasteiger partial charge in [-0.05, 0) is 140 Å². The summed E-state index contributed by atoms with van der Waals surface area (Å²) in [5.41, 5.74) is 11.6. The molecule has 0 bridgehead atoms. The van der Waals surface area contributed by atoms with Gasteiger partial charge in [-0.15, -0.1) is 0 Å². The summed E-state index contributed by atoms with van der Waals surface area (Å²) < 4.78 is 15.3. The Kier molecular flexibility index (Phi) is 12.3. The zero-order chi connectivity index (χ0) is 36.1. The molecule has 1 atom stereocenters. The fourth-order valence-electron chi connectivity index (χ4n) is 8.30. The molecule has 1 saturated carbocycles. The summed E-state index contributed by atoms with van der Waals surface area (Å²) in [4.78, 5) is 13.8. The number of nitrogens with one attached hydrogen (secondary N) is 1. The Bertz CT molecular complexity index is 1870. The minimum absolute atomic E-state index is 0.0664. The Morgan fingerprint density at radius 3 is 2.37 bits per heavy atom. The number of halogens is 2. The number of benzene rings is 3. The van der Waals surface area contributed by atoms with Gasteiger partial charge in [0.1, 0.15) is 5.82 Å². The van der Waals surface area contributed by atoms with Crippen LogP contribution in [0.5, 0.6) is 0 Å². The lowest BCUT2D eigenvalue weighted by atomic mass is 9.75. The van der Waals surface area contributed by atoms with Crippen LogP contribution >= 0.6 is 11.6 Å². The minimum atomic E-state index is -0.0664. The standard InChI is InChI=1S/C47H55ClFNO/c1-6-33-21-41-25-42(29-50-28-35-13-17-40(46(49)23-35)22-34-11-15-36(16-12-34)30(2)3)32(5)10-14-38(41)26-44(47(51)24-33)43-19-18-39(27-45(43)48)37-9-7-8-31(4)20-37/h7-9,13-14,17-20,23,25-27,30,33-34,36,50H,6,10-12,15-16,21-22,24,28-29H2,1-5H3. The van der Waals surface area contributed by atoms with Gasteiger partial charge in [0.15, 0.2) is 5.78 Å². The van der Waals surface area contributed by atoms with E-state index in [1.165, 1.54) is 48.0 Å². The van der Waals surface area contributed by atoms with E-state index in [0.29, 0.717) is 36.0 Å². The van der Waals surface area contributed by atoms with Crippen molar-refractivity contribution < 1.29 is 9.18 Å². The van der Waals surface area contributed by atoms with E-state index in [0.717, 1.165) is 70.9 Å². The van der Waals surface area contributed by atoms with Crippen LogP contribution in [0.2, 0.25) is 5.02 Å². The first-order valence-electron chi connectivity index (χ1n) is 19.3. The first-order chi connectivity index (χ1) is 24.6. The van der Waals surface area contributed by atoms with Gasteiger partial charge in [-0.25, -0.2) is 4.39 Å². The van der Waals surface area contributed by atoms with Gasteiger partial charge >= 0.3 is 0 Å². The molecule has 6 rings (SSSR count). The number of allylic oxidation sites excluding steroid dienone is 6. The highest BCUT2D eigenvalue weighted by Crippen LogP contribution is 2.39. The van der Waals surface area contributed by atoms with Crippen LogP contribution in [-0.4, -0.2) is 12.3 Å². The highest BCUT2D eigenvalue weighted by Gasteiger charge is 2.26. The summed E-state index contributed by atoms with van der Waals surface area (Å²) >= 11 is 6.95. The molecule has 0 aromatic heterocycles. The van der Waals surface area contributed by atoms with Gasteiger partial charge in [0.25, 0.3) is 0 Å². The summed E-state index contributed by atoms with van der Waals surface area (Å²) in [5.74, 6) is 2.51. The van der Waals surface area contributed by atoms with Crippen molar-refractivity contribution in [3.8, 4) is 11.1 Å². The smallest absolute Gasteiger partial charge is 0.163 e. The number of hydrogen-bond acceptors (Lipinski definition) is 2. The number of aryl methyl sites for hydroxylation is 1. The molecule has 268 valence electrons. The zero-order valence-electron chi connectivity index (χ0n) is 31.3. The maximum absolute atomic E-state index is 15.3. The van der Waals surface area contributed by atoms with E-state index in [1.807, 2.05) is 18.2 Å². The van der Waals surface area contributed by atoms with Gasteiger partial charge in [-0.1, -0.05) is 111 Å². The van der Waals surface area contributed by atoms with E-state index in [1.54, 1.807) is 6.07 Å². The maximum Gasteiger partial charge on any atom is 0.163 e. The van der Waals surface area contributed by atoms with Gasteiger partial charge in [0.05, 0.1) is 0 Å². The second kappa shape index (κ2) is 16.9. The summed E-state index contributed by atoms with van der Waals surface area (Å²) in [5, 5.41) is 4.21. The summed E-state index contributed by atoms with van der Waals surface area (Å²) in [6.45, 7) is 12.4. The highest BCUT2D eigenvalue weighted by atomic mass is 35.5. The lowest BCUT2D eigenvalue weighted by Gasteiger charge is -2.31. The largest absolute Gasteiger partial charge is 0.309 e. The number of Topliss-reactive ketones (excluding diaryl/α,β-unsaturated/α-hetero) is 1. The fraction of sp³-hybridized carbons (Fsp3) is 0.426.